The van der Waals surface area contributed by atoms with Gasteiger partial charge >= 0.3 is 0 Å². The number of aromatic nitrogens is 2. The maximum absolute atomic E-state index is 13.2. The zero-order valence-corrected chi connectivity index (χ0v) is 12.9. The van der Waals surface area contributed by atoms with Crippen molar-refractivity contribution in [3.8, 4) is 0 Å². The van der Waals surface area contributed by atoms with Crippen LogP contribution in [0.2, 0.25) is 0 Å². The molecular weight excluding hydrogens is 327 g/mol. The summed E-state index contributed by atoms with van der Waals surface area (Å²) >= 11 is 0. The molecule has 0 spiro atoms. The van der Waals surface area contributed by atoms with Crippen LogP contribution in [0.15, 0.2) is 60.8 Å². The Hall–Kier alpha value is -3.55. The first kappa shape index (κ1) is 16.3. The number of nitrogens with one attached hydrogen (secondary N) is 1. The van der Waals surface area contributed by atoms with E-state index in [9.17, 15) is 19.3 Å². The highest BCUT2D eigenvalue weighted by atomic mass is 19.1. The molecule has 1 N–H and O–H groups in total. The molecule has 0 fully saturated rings. The van der Waals surface area contributed by atoms with E-state index in [1.807, 2.05) is 0 Å². The maximum atomic E-state index is 13.2. The third-order valence-electron chi connectivity index (χ3n) is 3.44. The molecule has 0 radical (unpaired) electrons. The number of non-ortho nitro benzene ring substituents is 1. The number of nitrogens with zero attached hydrogens (tertiary/aromatic N) is 3. The highest BCUT2D eigenvalue weighted by Gasteiger charge is 2.12. The molecule has 2 aromatic carbocycles. The first-order chi connectivity index (χ1) is 12.0. The summed E-state index contributed by atoms with van der Waals surface area (Å²) in [4.78, 5) is 22.4. The topological polar surface area (TPSA) is 90.1 Å². The third-order valence-corrected chi connectivity index (χ3v) is 3.44. The summed E-state index contributed by atoms with van der Waals surface area (Å²) in [5.41, 5.74) is 0.734. The van der Waals surface area contributed by atoms with Gasteiger partial charge in [0.05, 0.1) is 11.5 Å². The maximum Gasteiger partial charge on any atom is 0.270 e. The van der Waals surface area contributed by atoms with Gasteiger partial charge in [0.25, 0.3) is 11.6 Å². The predicted octanol–water partition coefficient (Wildman–Crippen LogP) is 3.23. The van der Waals surface area contributed by atoms with E-state index in [4.69, 9.17) is 0 Å². The molecule has 1 amide bonds. The van der Waals surface area contributed by atoms with Crippen molar-refractivity contribution in [2.24, 2.45) is 0 Å². The van der Waals surface area contributed by atoms with Gasteiger partial charge in [0.2, 0.25) is 0 Å². The van der Waals surface area contributed by atoms with Crippen molar-refractivity contribution in [2.45, 2.75) is 6.54 Å². The van der Waals surface area contributed by atoms with Gasteiger partial charge in [0.1, 0.15) is 5.82 Å². The fraction of sp³-hybridized carbons (Fsp3) is 0.0588. The van der Waals surface area contributed by atoms with Crippen molar-refractivity contribution in [2.75, 3.05) is 5.32 Å². The van der Waals surface area contributed by atoms with Gasteiger partial charge < -0.3 is 5.32 Å². The van der Waals surface area contributed by atoms with Crippen LogP contribution < -0.4 is 5.32 Å². The van der Waals surface area contributed by atoms with E-state index < -0.39 is 10.8 Å². The second-order valence-electron chi connectivity index (χ2n) is 5.29. The molecule has 0 unspecified atom stereocenters. The minimum Gasteiger partial charge on any atom is -0.305 e. The van der Waals surface area contributed by atoms with Gasteiger partial charge in [-0.1, -0.05) is 18.2 Å². The summed E-state index contributed by atoms with van der Waals surface area (Å²) in [7, 11) is 0. The largest absolute Gasteiger partial charge is 0.305 e. The lowest BCUT2D eigenvalue weighted by Crippen LogP contribution is -2.13. The van der Waals surface area contributed by atoms with E-state index in [0.717, 1.165) is 5.56 Å². The fourth-order valence-electron chi connectivity index (χ4n) is 2.29. The lowest BCUT2D eigenvalue weighted by atomic mass is 10.2. The minimum atomic E-state index is -0.565. The molecule has 0 aliphatic carbocycles. The quantitative estimate of drug-likeness (QED) is 0.570. The van der Waals surface area contributed by atoms with Crippen molar-refractivity contribution in [1.29, 1.82) is 0 Å². The average Bonchev–Trinajstić information content (AvgIpc) is 3.02. The molecule has 1 aromatic heterocycles. The number of carbonyl (C=O) groups excluding carboxylic acids is 1. The summed E-state index contributed by atoms with van der Waals surface area (Å²) in [6.07, 6.45) is 1.65. The van der Waals surface area contributed by atoms with Crippen molar-refractivity contribution < 1.29 is 14.1 Å². The van der Waals surface area contributed by atoms with Gasteiger partial charge in [-0.25, -0.2) is 4.39 Å². The molecule has 1 heterocycles. The Kier molecular flexibility index (Phi) is 4.51. The average molecular weight is 340 g/mol. The van der Waals surface area contributed by atoms with Crippen LogP contribution in [-0.4, -0.2) is 20.6 Å². The molecule has 3 rings (SSSR count). The van der Waals surface area contributed by atoms with Crippen molar-refractivity contribution in [1.82, 2.24) is 9.78 Å². The summed E-state index contributed by atoms with van der Waals surface area (Å²) in [5, 5.41) is 17.5. The second kappa shape index (κ2) is 6.91. The minimum absolute atomic E-state index is 0.161. The number of rotatable bonds is 5. The molecule has 0 aliphatic rings. The smallest absolute Gasteiger partial charge is 0.270 e. The molecule has 0 bridgehead atoms. The van der Waals surface area contributed by atoms with Crippen LogP contribution in [0.3, 0.4) is 0 Å². The Morgan fingerprint density at radius 3 is 2.76 bits per heavy atom. The Morgan fingerprint density at radius 2 is 2.00 bits per heavy atom. The van der Waals surface area contributed by atoms with E-state index in [0.29, 0.717) is 12.4 Å². The van der Waals surface area contributed by atoms with Crippen molar-refractivity contribution >= 4 is 17.4 Å². The number of nitro groups is 1. The number of hydrogen-bond donors (Lipinski definition) is 1. The predicted molar refractivity (Wildman–Crippen MR) is 88.8 cm³/mol. The van der Waals surface area contributed by atoms with E-state index in [2.05, 4.69) is 10.4 Å². The van der Waals surface area contributed by atoms with Gasteiger partial charge in [0, 0.05) is 30.0 Å². The number of nitro benzene ring substituents is 1. The molecule has 0 aliphatic heterocycles. The van der Waals surface area contributed by atoms with Gasteiger partial charge in [0.15, 0.2) is 5.82 Å². The van der Waals surface area contributed by atoms with Crippen LogP contribution in [0.5, 0.6) is 0 Å². The lowest BCUT2D eigenvalue weighted by Gasteiger charge is -2.03. The van der Waals surface area contributed by atoms with E-state index in [1.54, 1.807) is 29.1 Å². The summed E-state index contributed by atoms with van der Waals surface area (Å²) in [6, 6.07) is 13.2. The van der Waals surface area contributed by atoms with Crippen LogP contribution >= 0.6 is 0 Å². The summed E-state index contributed by atoms with van der Waals surface area (Å²) in [6.45, 7) is 0.352. The van der Waals surface area contributed by atoms with E-state index >= 15 is 0 Å². The van der Waals surface area contributed by atoms with Crippen molar-refractivity contribution in [3.05, 3.63) is 87.9 Å². The molecule has 126 valence electrons. The normalized spacial score (nSPS) is 10.4. The highest BCUT2D eigenvalue weighted by Crippen LogP contribution is 2.15. The lowest BCUT2D eigenvalue weighted by molar-refractivity contribution is -0.384. The Labute approximate surface area is 141 Å². The monoisotopic (exact) mass is 340 g/mol. The standard InChI is InChI=1S/C17H13FN4O3/c18-14-5-1-3-12(9-14)11-21-8-7-16(20-21)19-17(23)13-4-2-6-15(10-13)22(24)25/h1-10H,11H2,(H,19,20,23). The first-order valence-electron chi connectivity index (χ1n) is 7.35. The van der Waals surface area contributed by atoms with Crippen LogP contribution in [-0.2, 0) is 6.54 Å². The molecule has 0 atom stereocenters. The molecule has 25 heavy (non-hydrogen) atoms. The Balaban J connectivity index is 1.69. The molecule has 0 saturated heterocycles. The molecule has 8 heteroatoms. The van der Waals surface area contributed by atoms with Gasteiger partial charge in [-0.3, -0.25) is 19.6 Å². The number of hydrogen-bond acceptors (Lipinski definition) is 4. The Morgan fingerprint density at radius 1 is 1.20 bits per heavy atom. The molecule has 3 aromatic rings. The number of amides is 1. The fourth-order valence-corrected chi connectivity index (χ4v) is 2.29. The molecule has 7 nitrogen and oxygen atoms in total. The zero-order valence-electron chi connectivity index (χ0n) is 12.9. The van der Waals surface area contributed by atoms with Crippen LogP contribution in [0.25, 0.3) is 0 Å². The Bertz CT molecular complexity index is 939. The SMILES string of the molecule is O=C(Nc1ccn(Cc2cccc(F)c2)n1)c1cccc([N+](=O)[O-])c1. The summed E-state index contributed by atoms with van der Waals surface area (Å²) in [5.74, 6) is -0.531. The number of halogens is 1. The summed E-state index contributed by atoms with van der Waals surface area (Å²) < 4.78 is 14.7. The zero-order chi connectivity index (χ0) is 17.8. The van der Waals surface area contributed by atoms with E-state index in [1.165, 1.54) is 36.4 Å². The number of benzene rings is 2. The van der Waals surface area contributed by atoms with Crippen LogP contribution in [0.4, 0.5) is 15.9 Å². The number of anilines is 1. The van der Waals surface area contributed by atoms with Gasteiger partial charge in [-0.2, -0.15) is 5.10 Å². The van der Waals surface area contributed by atoms with E-state index in [-0.39, 0.29) is 17.1 Å². The van der Waals surface area contributed by atoms with Crippen molar-refractivity contribution in [3.63, 3.8) is 0 Å². The third kappa shape index (κ3) is 4.05. The number of carbonyl (C=O) groups is 1. The highest BCUT2D eigenvalue weighted by molar-refractivity contribution is 6.04. The van der Waals surface area contributed by atoms with Gasteiger partial charge in [-0.15, -0.1) is 0 Å². The van der Waals surface area contributed by atoms with Crippen LogP contribution in [0.1, 0.15) is 15.9 Å². The second-order valence-corrected chi connectivity index (χ2v) is 5.29. The first-order valence-corrected chi connectivity index (χ1v) is 7.35. The van der Waals surface area contributed by atoms with Gasteiger partial charge in [-0.05, 0) is 23.8 Å². The molecule has 0 saturated carbocycles. The molecular formula is C17H13FN4O3. The van der Waals surface area contributed by atoms with Crippen LogP contribution in [0, 0.1) is 15.9 Å².